The lowest BCUT2D eigenvalue weighted by atomic mass is 9.80. The lowest BCUT2D eigenvalue weighted by molar-refractivity contribution is -0.124. The number of aliphatic hydroxyl groups excluding tert-OH is 1. The van der Waals surface area contributed by atoms with E-state index >= 15 is 0 Å². The highest BCUT2D eigenvalue weighted by molar-refractivity contribution is 6.30. The number of rotatable bonds is 5. The molecule has 33 heavy (non-hydrogen) atoms. The summed E-state index contributed by atoms with van der Waals surface area (Å²) in [5, 5.41) is 11.1. The fraction of sp³-hybridized carbons (Fsp3) is 0.560. The molecule has 1 N–H and O–H groups in total. The summed E-state index contributed by atoms with van der Waals surface area (Å²) in [6.45, 7) is 6.17. The molecule has 0 unspecified atom stereocenters. The number of benzene rings is 1. The fourth-order valence-corrected chi connectivity index (χ4v) is 6.36. The number of likely N-dealkylation sites (tertiary alicyclic amines) is 1. The number of hydrogen-bond acceptors (Lipinski definition) is 7. The van der Waals surface area contributed by atoms with Crippen molar-refractivity contribution in [3.63, 3.8) is 0 Å². The lowest BCUT2D eigenvalue weighted by Gasteiger charge is -2.50. The average molecular weight is 470 g/mol. The second-order valence-corrected chi connectivity index (χ2v) is 10.1. The largest absolute Gasteiger partial charge is 0.387 e. The number of nitrogens with zero attached hydrogens (tertiary/aromatic N) is 5. The second-order valence-electron chi connectivity index (χ2n) is 9.71. The number of hydrogen-bond donors (Lipinski definition) is 1. The highest BCUT2D eigenvalue weighted by Crippen LogP contribution is 2.44. The first-order valence-corrected chi connectivity index (χ1v) is 12.3. The van der Waals surface area contributed by atoms with E-state index in [1.165, 1.54) is 6.29 Å². The molecular weight excluding hydrogens is 438 g/mol. The molecule has 0 bridgehead atoms. The summed E-state index contributed by atoms with van der Waals surface area (Å²) in [7, 11) is 2.12. The quantitative estimate of drug-likeness (QED) is 0.675. The van der Waals surface area contributed by atoms with Gasteiger partial charge in [-0.25, -0.2) is 9.97 Å². The Labute approximate surface area is 200 Å². The molecule has 1 aromatic carbocycles. The van der Waals surface area contributed by atoms with Gasteiger partial charge >= 0.3 is 0 Å². The lowest BCUT2D eigenvalue weighted by Crippen LogP contribution is -2.63. The third-order valence-corrected chi connectivity index (χ3v) is 8.15. The van der Waals surface area contributed by atoms with Crippen molar-refractivity contribution in [1.29, 1.82) is 0 Å². The fourth-order valence-electron chi connectivity index (χ4n) is 6.23. The van der Waals surface area contributed by atoms with Gasteiger partial charge < -0.3 is 19.7 Å². The van der Waals surface area contributed by atoms with Crippen LogP contribution in [0.2, 0.25) is 5.02 Å². The summed E-state index contributed by atoms with van der Waals surface area (Å²) in [5.41, 5.74) is 2.15. The smallest absolute Gasteiger partial charge is 0.146 e. The van der Waals surface area contributed by atoms with E-state index in [1.807, 2.05) is 24.3 Å². The maximum Gasteiger partial charge on any atom is 0.146 e. The van der Waals surface area contributed by atoms with Gasteiger partial charge in [0, 0.05) is 42.8 Å². The number of piperazine rings is 1. The molecule has 7 nitrogen and oxygen atoms in total. The molecule has 2 aromatic rings. The number of carbonyl (C=O) groups excluding carboxylic acids is 1. The van der Waals surface area contributed by atoms with Gasteiger partial charge in [-0.2, -0.15) is 0 Å². The van der Waals surface area contributed by atoms with Gasteiger partial charge in [0.25, 0.3) is 0 Å². The molecule has 4 atom stereocenters. The highest BCUT2D eigenvalue weighted by atomic mass is 35.5. The maximum atomic E-state index is 13.0. The summed E-state index contributed by atoms with van der Waals surface area (Å²) in [6.07, 6.45) is 5.01. The molecule has 2 saturated heterocycles. The Bertz CT molecular complexity index is 1010. The van der Waals surface area contributed by atoms with Crippen LogP contribution in [0, 0.1) is 0 Å². The maximum absolute atomic E-state index is 13.0. The molecule has 8 heteroatoms. The van der Waals surface area contributed by atoms with Gasteiger partial charge in [0.1, 0.15) is 24.0 Å². The van der Waals surface area contributed by atoms with Crippen LogP contribution < -0.4 is 4.90 Å². The van der Waals surface area contributed by atoms with Gasteiger partial charge in [-0.05, 0) is 56.5 Å². The van der Waals surface area contributed by atoms with Gasteiger partial charge in [-0.3, -0.25) is 4.90 Å². The monoisotopic (exact) mass is 469 g/mol. The van der Waals surface area contributed by atoms with Gasteiger partial charge in [0.05, 0.1) is 11.8 Å². The van der Waals surface area contributed by atoms with Crippen LogP contribution >= 0.6 is 11.6 Å². The Kier molecular flexibility index (Phi) is 6.16. The van der Waals surface area contributed by atoms with Crippen molar-refractivity contribution in [1.82, 2.24) is 19.8 Å². The molecule has 1 aliphatic carbocycles. The SMILES string of the molecule is C[C@@H]1C[C@@H](O)c2ncnc(N3CCN([C@@](C=O)(c4ccc(Cl)cc4)[C@@H]4CCCN4C)CC3)c21. The van der Waals surface area contributed by atoms with E-state index in [2.05, 4.69) is 38.6 Å². The Hall–Kier alpha value is -2.06. The number of halogens is 1. The Morgan fingerprint density at radius 2 is 1.85 bits per heavy atom. The molecule has 176 valence electrons. The molecule has 0 saturated carbocycles. The van der Waals surface area contributed by atoms with Crippen LogP contribution in [0.5, 0.6) is 0 Å². The molecule has 2 aliphatic heterocycles. The van der Waals surface area contributed by atoms with Crippen molar-refractivity contribution < 1.29 is 9.90 Å². The zero-order valence-corrected chi connectivity index (χ0v) is 20.1. The zero-order chi connectivity index (χ0) is 23.2. The van der Waals surface area contributed by atoms with Crippen molar-refractivity contribution in [3.05, 3.63) is 52.4 Å². The third-order valence-electron chi connectivity index (χ3n) is 7.90. The normalized spacial score (nSPS) is 28.0. The van der Waals surface area contributed by atoms with Gasteiger partial charge in [0.2, 0.25) is 0 Å². The molecule has 1 aromatic heterocycles. The summed E-state index contributed by atoms with van der Waals surface area (Å²) in [4.78, 5) is 28.9. The van der Waals surface area contributed by atoms with E-state index in [0.29, 0.717) is 11.4 Å². The average Bonchev–Trinajstić information content (AvgIpc) is 3.39. The van der Waals surface area contributed by atoms with Gasteiger partial charge in [-0.15, -0.1) is 0 Å². The summed E-state index contributed by atoms with van der Waals surface area (Å²) >= 11 is 6.19. The van der Waals surface area contributed by atoms with Crippen molar-refractivity contribution >= 4 is 23.7 Å². The Morgan fingerprint density at radius 3 is 2.48 bits per heavy atom. The van der Waals surface area contributed by atoms with Crippen LogP contribution in [0.3, 0.4) is 0 Å². The van der Waals surface area contributed by atoms with E-state index in [0.717, 1.165) is 68.2 Å². The zero-order valence-electron chi connectivity index (χ0n) is 19.3. The third kappa shape index (κ3) is 3.75. The van der Waals surface area contributed by atoms with E-state index in [4.69, 9.17) is 11.6 Å². The minimum atomic E-state index is -0.709. The van der Waals surface area contributed by atoms with Gasteiger partial charge in [0.15, 0.2) is 0 Å². The van der Waals surface area contributed by atoms with E-state index in [9.17, 15) is 9.90 Å². The first kappa shape index (κ1) is 22.7. The first-order chi connectivity index (χ1) is 16.0. The standard InChI is InChI=1S/C25H32ClN5O2/c1-17-14-20(33)23-22(17)24(28-16-27-23)30-10-12-31(13-11-30)25(15-32,21-4-3-9-29(21)2)18-5-7-19(26)8-6-18/h5-8,15-17,20-21,33H,3-4,9-14H2,1-2H3/t17-,20-,21+,25+/m1/s1. The Balaban J connectivity index is 1.45. The minimum Gasteiger partial charge on any atom is -0.387 e. The number of aliphatic hydroxyl groups is 1. The summed E-state index contributed by atoms with van der Waals surface area (Å²) in [6, 6.07) is 7.92. The molecule has 5 rings (SSSR count). The number of likely N-dealkylation sites (N-methyl/N-ethyl adjacent to an activating group) is 1. The topological polar surface area (TPSA) is 72.8 Å². The molecule has 0 spiro atoms. The van der Waals surface area contributed by atoms with E-state index < -0.39 is 11.6 Å². The predicted octanol–water partition coefficient (Wildman–Crippen LogP) is 2.98. The molecule has 3 aliphatic rings. The van der Waals surface area contributed by atoms with Crippen LogP contribution in [0.4, 0.5) is 5.82 Å². The molecule has 0 amide bonds. The van der Waals surface area contributed by atoms with Crippen molar-refractivity contribution in [2.24, 2.45) is 0 Å². The van der Waals surface area contributed by atoms with Crippen LogP contribution in [-0.2, 0) is 10.3 Å². The number of aldehydes is 1. The van der Waals surface area contributed by atoms with E-state index in [-0.39, 0.29) is 12.0 Å². The van der Waals surface area contributed by atoms with Crippen molar-refractivity contribution in [2.45, 2.75) is 49.8 Å². The molecule has 0 radical (unpaired) electrons. The van der Waals surface area contributed by atoms with E-state index in [1.54, 1.807) is 6.33 Å². The number of carbonyl (C=O) groups is 1. The highest BCUT2D eigenvalue weighted by Gasteiger charge is 2.49. The molecular formula is C25H32ClN5O2. The number of aromatic nitrogens is 2. The second kappa shape index (κ2) is 8.95. The predicted molar refractivity (Wildman–Crippen MR) is 129 cm³/mol. The van der Waals surface area contributed by atoms with Crippen LogP contribution in [0.1, 0.15) is 55.0 Å². The van der Waals surface area contributed by atoms with Crippen LogP contribution in [0.15, 0.2) is 30.6 Å². The van der Waals surface area contributed by atoms with Gasteiger partial charge in [-0.1, -0.05) is 30.7 Å². The van der Waals surface area contributed by atoms with Crippen molar-refractivity contribution in [2.75, 3.05) is 44.7 Å². The summed E-state index contributed by atoms with van der Waals surface area (Å²) in [5.74, 6) is 1.17. The number of fused-ring (bicyclic) bond motifs is 1. The first-order valence-electron chi connectivity index (χ1n) is 11.9. The van der Waals surface area contributed by atoms with Crippen LogP contribution in [-0.4, -0.2) is 77.0 Å². The molecule has 2 fully saturated rings. The molecule has 3 heterocycles. The Morgan fingerprint density at radius 1 is 1.12 bits per heavy atom. The number of anilines is 1. The minimum absolute atomic E-state index is 0.126. The van der Waals surface area contributed by atoms with Crippen LogP contribution in [0.25, 0.3) is 0 Å². The van der Waals surface area contributed by atoms with Crippen molar-refractivity contribution in [3.8, 4) is 0 Å². The summed E-state index contributed by atoms with van der Waals surface area (Å²) < 4.78 is 0.